The molecule has 0 saturated heterocycles. The van der Waals surface area contributed by atoms with E-state index < -0.39 is 6.36 Å². The molecule has 1 atom stereocenters. The first kappa shape index (κ1) is 15.8. The molecule has 2 rings (SSSR count). The molecule has 1 aromatic carbocycles. The molecule has 0 spiro atoms. The Bertz CT molecular complexity index is 558. The predicted octanol–water partition coefficient (Wildman–Crippen LogP) is 4.13. The number of halogens is 3. The number of benzene rings is 1. The van der Waals surface area contributed by atoms with E-state index in [0.717, 1.165) is 18.0 Å². The summed E-state index contributed by atoms with van der Waals surface area (Å²) >= 11 is 1.46. The van der Waals surface area contributed by atoms with Crippen LogP contribution in [0.3, 0.4) is 0 Å². The number of rotatable bonds is 6. The van der Waals surface area contributed by atoms with Crippen LogP contribution >= 0.6 is 11.3 Å². The van der Waals surface area contributed by atoms with Gasteiger partial charge >= 0.3 is 6.36 Å². The molecule has 0 amide bonds. The average molecular weight is 316 g/mol. The number of hydrogen-bond acceptors (Lipinski definition) is 4. The van der Waals surface area contributed by atoms with Gasteiger partial charge in [-0.2, -0.15) is 0 Å². The maximum atomic E-state index is 12.3. The fourth-order valence-electron chi connectivity index (χ4n) is 1.90. The largest absolute Gasteiger partial charge is 0.573 e. The van der Waals surface area contributed by atoms with E-state index in [0.29, 0.717) is 5.56 Å². The van der Waals surface area contributed by atoms with Crippen molar-refractivity contribution in [2.24, 2.45) is 0 Å². The third-order valence-corrected chi connectivity index (χ3v) is 3.56. The lowest BCUT2D eigenvalue weighted by Gasteiger charge is -2.18. The molecule has 0 saturated carbocycles. The van der Waals surface area contributed by atoms with E-state index in [4.69, 9.17) is 0 Å². The summed E-state index contributed by atoms with van der Waals surface area (Å²) in [7, 11) is 0. The number of nitrogens with one attached hydrogen (secondary N) is 1. The quantitative estimate of drug-likeness (QED) is 0.870. The molecule has 7 heteroatoms. The van der Waals surface area contributed by atoms with Crippen LogP contribution in [0.25, 0.3) is 0 Å². The Hall–Kier alpha value is -1.60. The van der Waals surface area contributed by atoms with Gasteiger partial charge < -0.3 is 10.1 Å². The fourth-order valence-corrected chi connectivity index (χ4v) is 2.64. The summed E-state index contributed by atoms with van der Waals surface area (Å²) in [5, 5.41) is 5.94. The van der Waals surface area contributed by atoms with Crippen molar-refractivity contribution in [1.29, 1.82) is 0 Å². The highest BCUT2D eigenvalue weighted by Gasteiger charge is 2.31. The summed E-state index contributed by atoms with van der Waals surface area (Å²) in [5.74, 6) is -0.222. The van der Waals surface area contributed by atoms with Gasteiger partial charge in [-0.05, 0) is 30.7 Å². The third kappa shape index (κ3) is 4.71. The Labute approximate surface area is 124 Å². The van der Waals surface area contributed by atoms with Gasteiger partial charge in [0, 0.05) is 11.6 Å². The standard InChI is InChI=1S/C14H15F3N2OS/c1-2-6-18-12(13-19-7-8-21-13)10-4-3-5-11(9-10)20-14(15,16)17/h3-5,7-9,12,18H,2,6H2,1H3. The average Bonchev–Trinajstić information content (AvgIpc) is 2.91. The lowest BCUT2D eigenvalue weighted by Crippen LogP contribution is -2.23. The SMILES string of the molecule is CCCNC(c1cccc(OC(F)(F)F)c1)c1nccs1. The Kier molecular flexibility index (Phi) is 5.19. The van der Waals surface area contributed by atoms with Gasteiger partial charge in [0.15, 0.2) is 0 Å². The Morgan fingerprint density at radius 1 is 1.38 bits per heavy atom. The van der Waals surface area contributed by atoms with Crippen LogP contribution in [0, 0.1) is 0 Å². The number of aromatic nitrogens is 1. The smallest absolute Gasteiger partial charge is 0.406 e. The van der Waals surface area contributed by atoms with Gasteiger partial charge in [0.1, 0.15) is 10.8 Å². The zero-order valence-corrected chi connectivity index (χ0v) is 12.2. The maximum absolute atomic E-state index is 12.3. The normalized spacial score (nSPS) is 13.1. The van der Waals surface area contributed by atoms with E-state index in [2.05, 4.69) is 15.0 Å². The zero-order valence-electron chi connectivity index (χ0n) is 11.4. The summed E-state index contributed by atoms with van der Waals surface area (Å²) in [4.78, 5) is 4.24. The number of ether oxygens (including phenoxy) is 1. The minimum atomic E-state index is -4.69. The summed E-state index contributed by atoms with van der Waals surface area (Å²) in [6, 6.07) is 5.75. The van der Waals surface area contributed by atoms with E-state index in [-0.39, 0.29) is 11.8 Å². The number of alkyl halides is 3. The minimum Gasteiger partial charge on any atom is -0.406 e. The number of nitrogens with zero attached hydrogens (tertiary/aromatic N) is 1. The van der Waals surface area contributed by atoms with Gasteiger partial charge in [-0.25, -0.2) is 4.98 Å². The minimum absolute atomic E-state index is 0.222. The van der Waals surface area contributed by atoms with Crippen LogP contribution in [0.5, 0.6) is 5.75 Å². The summed E-state index contributed by atoms with van der Waals surface area (Å²) in [6.45, 7) is 2.77. The van der Waals surface area contributed by atoms with Crippen molar-refractivity contribution >= 4 is 11.3 Å². The molecule has 1 heterocycles. The molecule has 1 aromatic heterocycles. The Balaban J connectivity index is 2.25. The first-order valence-corrected chi connectivity index (χ1v) is 7.36. The summed E-state index contributed by atoms with van der Waals surface area (Å²) in [5.41, 5.74) is 0.695. The van der Waals surface area contributed by atoms with Gasteiger partial charge in [-0.15, -0.1) is 24.5 Å². The molecule has 0 aliphatic heterocycles. The van der Waals surface area contributed by atoms with Crippen LogP contribution in [0.15, 0.2) is 35.8 Å². The van der Waals surface area contributed by atoms with Crippen molar-refractivity contribution < 1.29 is 17.9 Å². The van der Waals surface area contributed by atoms with Gasteiger partial charge in [-0.3, -0.25) is 0 Å². The van der Waals surface area contributed by atoms with Crippen molar-refractivity contribution in [3.63, 3.8) is 0 Å². The van der Waals surface area contributed by atoms with Crippen LogP contribution in [0.4, 0.5) is 13.2 Å². The van der Waals surface area contributed by atoms with E-state index in [1.54, 1.807) is 18.3 Å². The van der Waals surface area contributed by atoms with Gasteiger partial charge in [0.2, 0.25) is 0 Å². The maximum Gasteiger partial charge on any atom is 0.573 e. The van der Waals surface area contributed by atoms with E-state index >= 15 is 0 Å². The van der Waals surface area contributed by atoms with Crippen LogP contribution in [-0.4, -0.2) is 17.9 Å². The highest BCUT2D eigenvalue weighted by Crippen LogP contribution is 2.29. The third-order valence-electron chi connectivity index (χ3n) is 2.72. The monoisotopic (exact) mass is 316 g/mol. The van der Waals surface area contributed by atoms with Crippen molar-refractivity contribution in [1.82, 2.24) is 10.3 Å². The lowest BCUT2D eigenvalue weighted by molar-refractivity contribution is -0.274. The van der Waals surface area contributed by atoms with Gasteiger partial charge in [0.25, 0.3) is 0 Å². The topological polar surface area (TPSA) is 34.1 Å². The number of hydrogen-bond donors (Lipinski definition) is 1. The van der Waals surface area contributed by atoms with E-state index in [9.17, 15) is 13.2 Å². The fraction of sp³-hybridized carbons (Fsp3) is 0.357. The molecule has 2 aromatic rings. The van der Waals surface area contributed by atoms with Crippen LogP contribution in [0.1, 0.15) is 30.0 Å². The number of thiazole rings is 1. The Morgan fingerprint density at radius 3 is 2.81 bits per heavy atom. The van der Waals surface area contributed by atoms with E-state index in [1.165, 1.54) is 23.5 Å². The predicted molar refractivity (Wildman–Crippen MR) is 75.4 cm³/mol. The summed E-state index contributed by atoms with van der Waals surface area (Å²) in [6.07, 6.45) is -2.09. The molecule has 1 N–H and O–H groups in total. The molecule has 0 fully saturated rings. The molecule has 1 unspecified atom stereocenters. The molecule has 3 nitrogen and oxygen atoms in total. The van der Waals surface area contributed by atoms with Crippen molar-refractivity contribution in [2.45, 2.75) is 25.7 Å². The molecule has 0 radical (unpaired) electrons. The molecule has 0 aliphatic rings. The second-order valence-electron chi connectivity index (χ2n) is 4.38. The molecule has 114 valence electrons. The van der Waals surface area contributed by atoms with Gasteiger partial charge in [0.05, 0.1) is 6.04 Å². The second-order valence-corrected chi connectivity index (χ2v) is 5.30. The van der Waals surface area contributed by atoms with Crippen LogP contribution in [0.2, 0.25) is 0 Å². The molecule has 0 bridgehead atoms. The van der Waals surface area contributed by atoms with Crippen molar-refractivity contribution in [3.8, 4) is 5.75 Å². The highest BCUT2D eigenvalue weighted by atomic mass is 32.1. The summed E-state index contributed by atoms with van der Waals surface area (Å²) < 4.78 is 40.9. The van der Waals surface area contributed by atoms with Crippen molar-refractivity contribution in [2.75, 3.05) is 6.54 Å². The molecule has 21 heavy (non-hydrogen) atoms. The van der Waals surface area contributed by atoms with Gasteiger partial charge in [-0.1, -0.05) is 19.1 Å². The molecular weight excluding hydrogens is 301 g/mol. The first-order valence-electron chi connectivity index (χ1n) is 6.48. The highest BCUT2D eigenvalue weighted by molar-refractivity contribution is 7.09. The zero-order chi connectivity index (χ0) is 15.3. The Morgan fingerprint density at radius 2 is 2.19 bits per heavy atom. The van der Waals surface area contributed by atoms with E-state index in [1.807, 2.05) is 12.3 Å². The molecular formula is C14H15F3N2OS. The molecule has 0 aliphatic carbocycles. The van der Waals surface area contributed by atoms with Crippen LogP contribution in [-0.2, 0) is 0 Å². The van der Waals surface area contributed by atoms with Crippen molar-refractivity contribution in [3.05, 3.63) is 46.4 Å². The second kappa shape index (κ2) is 6.91. The lowest BCUT2D eigenvalue weighted by atomic mass is 10.1. The van der Waals surface area contributed by atoms with Crippen LogP contribution < -0.4 is 10.1 Å². The first-order chi connectivity index (χ1) is 9.99.